The smallest absolute Gasteiger partial charge is 0.342 e. The Labute approximate surface area is 198 Å². The maximum atomic E-state index is 13.9. The summed E-state index contributed by atoms with van der Waals surface area (Å²) < 4.78 is 67.1. The van der Waals surface area contributed by atoms with Crippen molar-refractivity contribution in [2.45, 2.75) is 44.2 Å². The summed E-state index contributed by atoms with van der Waals surface area (Å²) in [4.78, 5) is 28.6. The van der Waals surface area contributed by atoms with Crippen LogP contribution in [-0.2, 0) is 11.0 Å². The molecule has 1 N–H and O–H groups in total. The number of aromatic nitrogens is 3. The molecular formula is C23H25F5N6O. The quantitative estimate of drug-likeness (QED) is 0.617. The van der Waals surface area contributed by atoms with Gasteiger partial charge in [-0.2, -0.15) is 18.2 Å². The zero-order valence-corrected chi connectivity index (χ0v) is 19.0. The monoisotopic (exact) mass is 496 g/mol. The van der Waals surface area contributed by atoms with Crippen LogP contribution < -0.4 is 10.2 Å². The van der Waals surface area contributed by atoms with Gasteiger partial charge >= 0.3 is 6.18 Å². The predicted octanol–water partition coefficient (Wildman–Crippen LogP) is 4.45. The molecule has 3 aliphatic rings. The molecular weight excluding hydrogens is 471 g/mol. The van der Waals surface area contributed by atoms with Crippen LogP contribution in [0.4, 0.5) is 39.5 Å². The number of hydrogen-bond acceptors (Lipinski definition) is 6. The van der Waals surface area contributed by atoms with E-state index in [1.807, 2.05) is 11.8 Å². The molecule has 3 unspecified atom stereocenters. The SMILES string of the molecule is CC1CC1C(=O)N1CCC(c2cc(Nc3cc(C(F)(F)F)ccn3)nc(N3CCC(F)(F)C3)n2)C1. The number of nitrogens with zero attached hydrogens (tertiary/aromatic N) is 5. The number of amides is 1. The molecule has 3 atom stereocenters. The second-order valence-corrected chi connectivity index (χ2v) is 9.65. The number of rotatable bonds is 5. The van der Waals surface area contributed by atoms with Gasteiger partial charge in [0, 0.05) is 50.2 Å². The van der Waals surface area contributed by atoms with E-state index in [1.165, 1.54) is 4.90 Å². The number of carbonyl (C=O) groups is 1. The molecule has 188 valence electrons. The van der Waals surface area contributed by atoms with Gasteiger partial charge in [-0.3, -0.25) is 4.79 Å². The highest BCUT2D eigenvalue weighted by Crippen LogP contribution is 2.41. The summed E-state index contributed by atoms with van der Waals surface area (Å²) in [5, 5.41) is 2.78. The summed E-state index contributed by atoms with van der Waals surface area (Å²) in [7, 11) is 0. The highest BCUT2D eigenvalue weighted by molar-refractivity contribution is 5.82. The van der Waals surface area contributed by atoms with E-state index in [-0.39, 0.29) is 48.3 Å². The van der Waals surface area contributed by atoms with Crippen LogP contribution in [0.15, 0.2) is 24.4 Å². The third kappa shape index (κ3) is 5.15. The van der Waals surface area contributed by atoms with Crippen molar-refractivity contribution < 1.29 is 26.7 Å². The fraction of sp³-hybridized carbons (Fsp3) is 0.565. The molecule has 1 aliphatic carbocycles. The van der Waals surface area contributed by atoms with E-state index in [2.05, 4.69) is 20.3 Å². The van der Waals surface area contributed by atoms with Crippen molar-refractivity contribution >= 4 is 23.5 Å². The van der Waals surface area contributed by atoms with Crippen LogP contribution in [-0.4, -0.2) is 57.9 Å². The Balaban J connectivity index is 1.42. The van der Waals surface area contributed by atoms with Crippen LogP contribution >= 0.6 is 0 Å². The predicted molar refractivity (Wildman–Crippen MR) is 118 cm³/mol. The van der Waals surface area contributed by atoms with Crippen LogP contribution in [0.3, 0.4) is 0 Å². The summed E-state index contributed by atoms with van der Waals surface area (Å²) in [6, 6.07) is 3.31. The zero-order valence-electron chi connectivity index (χ0n) is 19.0. The van der Waals surface area contributed by atoms with E-state index in [9.17, 15) is 26.7 Å². The van der Waals surface area contributed by atoms with Gasteiger partial charge in [-0.25, -0.2) is 18.7 Å². The molecule has 0 aromatic carbocycles. The lowest BCUT2D eigenvalue weighted by Gasteiger charge is -2.20. The van der Waals surface area contributed by atoms with E-state index < -0.39 is 24.2 Å². The van der Waals surface area contributed by atoms with E-state index >= 15 is 0 Å². The van der Waals surface area contributed by atoms with Gasteiger partial charge < -0.3 is 15.1 Å². The van der Waals surface area contributed by atoms with Crippen LogP contribution in [0.2, 0.25) is 0 Å². The fourth-order valence-electron chi connectivity index (χ4n) is 4.68. The van der Waals surface area contributed by atoms with Crippen molar-refractivity contribution in [2.75, 3.05) is 36.4 Å². The molecule has 5 rings (SSSR count). The molecule has 2 aromatic heterocycles. The molecule has 1 amide bonds. The molecule has 1 saturated carbocycles. The number of nitrogens with one attached hydrogen (secondary N) is 1. The Hall–Kier alpha value is -3.05. The second kappa shape index (κ2) is 8.56. The summed E-state index contributed by atoms with van der Waals surface area (Å²) in [5.74, 6) is -2.26. The first-order valence-electron chi connectivity index (χ1n) is 11.6. The van der Waals surface area contributed by atoms with E-state index in [4.69, 9.17) is 0 Å². The maximum Gasteiger partial charge on any atom is 0.416 e. The molecule has 2 aromatic rings. The fourth-order valence-corrected chi connectivity index (χ4v) is 4.68. The van der Waals surface area contributed by atoms with E-state index in [0.717, 1.165) is 24.8 Å². The lowest BCUT2D eigenvalue weighted by molar-refractivity contribution is -0.137. The normalized spacial score (nSPS) is 25.7. The topological polar surface area (TPSA) is 74.2 Å². The first-order valence-corrected chi connectivity index (χ1v) is 11.6. The van der Waals surface area contributed by atoms with Crippen LogP contribution in [0, 0.1) is 11.8 Å². The lowest BCUT2D eigenvalue weighted by Crippen LogP contribution is -2.30. The minimum Gasteiger partial charge on any atom is -0.342 e. The maximum absolute atomic E-state index is 13.9. The minimum absolute atomic E-state index is 0.0609. The van der Waals surface area contributed by atoms with Crippen LogP contribution in [0.1, 0.15) is 43.4 Å². The van der Waals surface area contributed by atoms with Gasteiger partial charge in [0.25, 0.3) is 5.92 Å². The van der Waals surface area contributed by atoms with E-state index in [0.29, 0.717) is 31.1 Å². The van der Waals surface area contributed by atoms with Gasteiger partial charge in [0.15, 0.2) is 0 Å². The average Bonchev–Trinajstić information content (AvgIpc) is 3.18. The lowest BCUT2D eigenvalue weighted by atomic mass is 10.0. The molecule has 35 heavy (non-hydrogen) atoms. The highest BCUT2D eigenvalue weighted by Gasteiger charge is 2.44. The summed E-state index contributed by atoms with van der Waals surface area (Å²) in [5.41, 5.74) is -0.318. The van der Waals surface area contributed by atoms with Crippen LogP contribution in [0.25, 0.3) is 0 Å². The van der Waals surface area contributed by atoms with Gasteiger partial charge in [-0.15, -0.1) is 0 Å². The van der Waals surface area contributed by atoms with Crippen LogP contribution in [0.5, 0.6) is 0 Å². The number of alkyl halides is 5. The first-order chi connectivity index (χ1) is 16.5. The number of halogens is 5. The zero-order chi connectivity index (χ0) is 25.0. The Morgan fingerprint density at radius 2 is 1.94 bits per heavy atom. The largest absolute Gasteiger partial charge is 0.416 e. The number of anilines is 3. The Morgan fingerprint density at radius 1 is 1.17 bits per heavy atom. The van der Waals surface area contributed by atoms with Gasteiger partial charge in [0.1, 0.15) is 11.6 Å². The molecule has 12 heteroatoms. The highest BCUT2D eigenvalue weighted by atomic mass is 19.4. The van der Waals surface area contributed by atoms with Crippen molar-refractivity contribution in [1.29, 1.82) is 0 Å². The van der Waals surface area contributed by atoms with E-state index in [1.54, 1.807) is 6.07 Å². The van der Waals surface area contributed by atoms with Crippen molar-refractivity contribution in [3.05, 3.63) is 35.7 Å². The Kier molecular flexibility index (Phi) is 5.79. The van der Waals surface area contributed by atoms with Gasteiger partial charge in [0.05, 0.1) is 17.8 Å². The number of pyridine rings is 1. The minimum atomic E-state index is -4.54. The standard InChI is InChI=1S/C23H25F5N6O/c1-13-8-16(13)20(35)33-6-3-14(11-33)17-10-19(31-18-9-15(2-5-29-18)23(26,27)28)32-21(30-17)34-7-4-22(24,25)12-34/h2,5,9-10,13-14,16H,3-4,6-8,11-12H2,1H3,(H,29,30,31,32). The summed E-state index contributed by atoms with van der Waals surface area (Å²) in [6.45, 7) is 2.60. The Bertz CT molecular complexity index is 1130. The number of hydrogen-bond donors (Lipinski definition) is 1. The summed E-state index contributed by atoms with van der Waals surface area (Å²) >= 11 is 0. The Morgan fingerprint density at radius 3 is 2.60 bits per heavy atom. The molecule has 3 fully saturated rings. The number of carbonyl (C=O) groups excluding carboxylic acids is 1. The molecule has 2 aliphatic heterocycles. The first kappa shape index (κ1) is 23.7. The molecule has 0 radical (unpaired) electrons. The van der Waals surface area contributed by atoms with Gasteiger partial charge in [0.2, 0.25) is 11.9 Å². The van der Waals surface area contributed by atoms with Crippen molar-refractivity contribution in [2.24, 2.45) is 11.8 Å². The molecule has 7 nitrogen and oxygen atoms in total. The third-order valence-electron chi connectivity index (χ3n) is 6.87. The molecule has 4 heterocycles. The molecule has 0 bridgehead atoms. The van der Waals surface area contributed by atoms with Gasteiger partial charge in [-0.05, 0) is 30.9 Å². The summed E-state index contributed by atoms with van der Waals surface area (Å²) in [6.07, 6.45) is -2.29. The van der Waals surface area contributed by atoms with Gasteiger partial charge in [-0.1, -0.05) is 6.92 Å². The molecule has 0 spiro atoms. The van der Waals surface area contributed by atoms with Crippen molar-refractivity contribution in [3.63, 3.8) is 0 Å². The second-order valence-electron chi connectivity index (χ2n) is 9.65. The third-order valence-corrected chi connectivity index (χ3v) is 6.87. The van der Waals surface area contributed by atoms with Crippen molar-refractivity contribution in [1.82, 2.24) is 19.9 Å². The number of likely N-dealkylation sites (tertiary alicyclic amines) is 1. The average molecular weight is 496 g/mol. The molecule has 2 saturated heterocycles. The van der Waals surface area contributed by atoms with Crippen molar-refractivity contribution in [3.8, 4) is 0 Å².